The summed E-state index contributed by atoms with van der Waals surface area (Å²) in [6.07, 6.45) is 2.93. The lowest BCUT2D eigenvalue weighted by Gasteiger charge is -2.20. The van der Waals surface area contributed by atoms with Gasteiger partial charge in [-0.15, -0.1) is 0 Å². The third-order valence-corrected chi connectivity index (χ3v) is 1.32. The summed E-state index contributed by atoms with van der Waals surface area (Å²) in [5.74, 6) is -0.155. The van der Waals surface area contributed by atoms with Crippen molar-refractivity contribution in [2.45, 2.75) is 39.2 Å². The van der Waals surface area contributed by atoms with Crippen molar-refractivity contribution in [3.63, 3.8) is 0 Å². The molecule has 0 radical (unpaired) electrons. The minimum absolute atomic E-state index is 0.155. The molecule has 0 spiro atoms. The predicted molar refractivity (Wildman–Crippen MR) is 45.3 cm³/mol. The van der Waals surface area contributed by atoms with E-state index < -0.39 is 5.60 Å². The Balaban J connectivity index is 3.83. The SMILES string of the molecule is C=CC(C)(C)OC(=O)CCC. The molecule has 0 aromatic carbocycles. The topological polar surface area (TPSA) is 26.3 Å². The van der Waals surface area contributed by atoms with Crippen molar-refractivity contribution in [2.24, 2.45) is 0 Å². The van der Waals surface area contributed by atoms with Gasteiger partial charge in [0.05, 0.1) is 0 Å². The Morgan fingerprint density at radius 3 is 2.55 bits per heavy atom. The van der Waals surface area contributed by atoms with Crippen LogP contribution in [0.5, 0.6) is 0 Å². The lowest BCUT2D eigenvalue weighted by Crippen LogP contribution is -2.24. The van der Waals surface area contributed by atoms with E-state index in [4.69, 9.17) is 4.74 Å². The minimum Gasteiger partial charge on any atom is -0.455 e. The molecule has 0 amide bonds. The molecule has 0 aliphatic carbocycles. The molecule has 0 aliphatic rings. The molecule has 64 valence electrons. The number of hydrogen-bond donors (Lipinski definition) is 0. The summed E-state index contributed by atoms with van der Waals surface area (Å²) >= 11 is 0. The summed E-state index contributed by atoms with van der Waals surface area (Å²) in [4.78, 5) is 10.9. The van der Waals surface area contributed by atoms with E-state index in [1.54, 1.807) is 6.08 Å². The van der Waals surface area contributed by atoms with E-state index in [0.29, 0.717) is 6.42 Å². The van der Waals surface area contributed by atoms with Gasteiger partial charge >= 0.3 is 5.97 Å². The molecule has 0 fully saturated rings. The Morgan fingerprint density at radius 2 is 2.18 bits per heavy atom. The van der Waals surface area contributed by atoms with Gasteiger partial charge in [0.1, 0.15) is 5.60 Å². The zero-order valence-corrected chi connectivity index (χ0v) is 7.52. The monoisotopic (exact) mass is 156 g/mol. The van der Waals surface area contributed by atoms with Crippen LogP contribution in [-0.2, 0) is 9.53 Å². The average molecular weight is 156 g/mol. The lowest BCUT2D eigenvalue weighted by molar-refractivity contribution is -0.152. The van der Waals surface area contributed by atoms with Gasteiger partial charge in [-0.1, -0.05) is 13.5 Å². The molecule has 2 nitrogen and oxygen atoms in total. The van der Waals surface area contributed by atoms with E-state index in [-0.39, 0.29) is 5.97 Å². The van der Waals surface area contributed by atoms with Gasteiger partial charge in [0.15, 0.2) is 0 Å². The van der Waals surface area contributed by atoms with Crippen LogP contribution in [0, 0.1) is 0 Å². The van der Waals surface area contributed by atoms with Crippen LogP contribution >= 0.6 is 0 Å². The number of rotatable bonds is 4. The van der Waals surface area contributed by atoms with Crippen LogP contribution in [0.4, 0.5) is 0 Å². The summed E-state index contributed by atoms with van der Waals surface area (Å²) in [6, 6.07) is 0. The fraction of sp³-hybridized carbons (Fsp3) is 0.667. The van der Waals surface area contributed by atoms with Crippen LogP contribution in [0.3, 0.4) is 0 Å². The van der Waals surface area contributed by atoms with Crippen molar-refractivity contribution in [3.05, 3.63) is 12.7 Å². The van der Waals surface area contributed by atoms with Crippen LogP contribution in [0.2, 0.25) is 0 Å². The molecule has 11 heavy (non-hydrogen) atoms. The zero-order valence-electron chi connectivity index (χ0n) is 7.52. The first kappa shape index (κ1) is 10.2. The average Bonchev–Trinajstić information content (AvgIpc) is 1.87. The summed E-state index contributed by atoms with van der Waals surface area (Å²) in [6.45, 7) is 9.14. The van der Waals surface area contributed by atoms with Gasteiger partial charge in [-0.3, -0.25) is 4.79 Å². The van der Waals surface area contributed by atoms with E-state index in [9.17, 15) is 4.79 Å². The maximum absolute atomic E-state index is 10.9. The molecule has 0 unspecified atom stereocenters. The van der Waals surface area contributed by atoms with Crippen molar-refractivity contribution < 1.29 is 9.53 Å². The molecule has 0 aromatic rings. The van der Waals surface area contributed by atoms with E-state index >= 15 is 0 Å². The van der Waals surface area contributed by atoms with E-state index in [1.807, 2.05) is 20.8 Å². The Labute approximate surface area is 68.2 Å². The molecule has 0 saturated heterocycles. The van der Waals surface area contributed by atoms with E-state index in [0.717, 1.165) is 6.42 Å². The first-order valence-corrected chi connectivity index (χ1v) is 3.87. The van der Waals surface area contributed by atoms with Gasteiger partial charge in [0, 0.05) is 6.42 Å². The quantitative estimate of drug-likeness (QED) is 0.461. The fourth-order valence-corrected chi connectivity index (χ4v) is 0.590. The Morgan fingerprint density at radius 1 is 1.64 bits per heavy atom. The number of hydrogen-bond acceptors (Lipinski definition) is 2. The highest BCUT2D eigenvalue weighted by Gasteiger charge is 2.17. The molecule has 0 aliphatic heterocycles. The molecular formula is C9H16O2. The second-order valence-electron chi connectivity index (χ2n) is 3.03. The summed E-state index contributed by atoms with van der Waals surface area (Å²) in [7, 11) is 0. The Bertz CT molecular complexity index is 148. The molecule has 0 atom stereocenters. The zero-order chi connectivity index (χ0) is 8.91. The smallest absolute Gasteiger partial charge is 0.306 e. The van der Waals surface area contributed by atoms with E-state index in [2.05, 4.69) is 6.58 Å². The molecule has 0 N–H and O–H groups in total. The molecule has 0 bridgehead atoms. The highest BCUT2D eigenvalue weighted by Crippen LogP contribution is 2.11. The molecule has 2 heteroatoms. The van der Waals surface area contributed by atoms with Gasteiger partial charge < -0.3 is 4.74 Å². The standard InChI is InChI=1S/C9H16O2/c1-5-7-8(10)11-9(3,4)6-2/h6H,2,5,7H2,1,3-4H3. The summed E-state index contributed by atoms with van der Waals surface area (Å²) < 4.78 is 5.07. The minimum atomic E-state index is -0.522. The van der Waals surface area contributed by atoms with Crippen molar-refractivity contribution in [1.29, 1.82) is 0 Å². The van der Waals surface area contributed by atoms with E-state index in [1.165, 1.54) is 0 Å². The highest BCUT2D eigenvalue weighted by atomic mass is 16.6. The number of carbonyl (C=O) groups is 1. The lowest BCUT2D eigenvalue weighted by atomic mass is 10.1. The Hall–Kier alpha value is -0.790. The number of carbonyl (C=O) groups excluding carboxylic acids is 1. The van der Waals surface area contributed by atoms with Crippen molar-refractivity contribution >= 4 is 5.97 Å². The van der Waals surface area contributed by atoms with Crippen LogP contribution in [0.25, 0.3) is 0 Å². The largest absolute Gasteiger partial charge is 0.455 e. The van der Waals surface area contributed by atoms with Crippen LogP contribution < -0.4 is 0 Å². The van der Waals surface area contributed by atoms with Gasteiger partial charge in [0.2, 0.25) is 0 Å². The Kier molecular flexibility index (Phi) is 3.86. The number of esters is 1. The number of ether oxygens (including phenoxy) is 1. The predicted octanol–water partition coefficient (Wildman–Crippen LogP) is 2.29. The van der Waals surface area contributed by atoms with Gasteiger partial charge in [-0.2, -0.15) is 0 Å². The van der Waals surface area contributed by atoms with Crippen molar-refractivity contribution in [1.82, 2.24) is 0 Å². The van der Waals surface area contributed by atoms with Gasteiger partial charge in [0.25, 0.3) is 0 Å². The fourth-order valence-electron chi connectivity index (χ4n) is 0.590. The van der Waals surface area contributed by atoms with Crippen LogP contribution in [0.15, 0.2) is 12.7 Å². The molecular weight excluding hydrogens is 140 g/mol. The molecule has 0 saturated carbocycles. The maximum atomic E-state index is 10.9. The van der Waals surface area contributed by atoms with Crippen molar-refractivity contribution in [3.8, 4) is 0 Å². The van der Waals surface area contributed by atoms with Gasteiger partial charge in [-0.05, 0) is 26.3 Å². The third kappa shape index (κ3) is 4.59. The summed E-state index contributed by atoms with van der Waals surface area (Å²) in [5.41, 5.74) is -0.522. The molecule has 0 aromatic heterocycles. The molecule has 0 heterocycles. The van der Waals surface area contributed by atoms with Crippen LogP contribution in [-0.4, -0.2) is 11.6 Å². The highest BCUT2D eigenvalue weighted by molar-refractivity contribution is 5.69. The first-order chi connectivity index (χ1) is 5.02. The normalized spacial score (nSPS) is 10.8. The maximum Gasteiger partial charge on any atom is 0.306 e. The summed E-state index contributed by atoms with van der Waals surface area (Å²) in [5, 5.41) is 0. The molecule has 0 rings (SSSR count). The first-order valence-electron chi connectivity index (χ1n) is 3.87. The van der Waals surface area contributed by atoms with Crippen molar-refractivity contribution in [2.75, 3.05) is 0 Å². The second kappa shape index (κ2) is 4.16. The second-order valence-corrected chi connectivity index (χ2v) is 3.03. The third-order valence-electron chi connectivity index (χ3n) is 1.32. The van der Waals surface area contributed by atoms with Gasteiger partial charge in [-0.25, -0.2) is 0 Å². The van der Waals surface area contributed by atoms with Crippen LogP contribution in [0.1, 0.15) is 33.6 Å².